The van der Waals surface area contributed by atoms with E-state index >= 15 is 0 Å². The van der Waals surface area contributed by atoms with Crippen molar-refractivity contribution in [3.8, 4) is 5.75 Å². The zero-order valence-corrected chi connectivity index (χ0v) is 12.6. The summed E-state index contributed by atoms with van der Waals surface area (Å²) in [5, 5.41) is 5.41. The van der Waals surface area contributed by atoms with Gasteiger partial charge in [0.05, 0.1) is 6.61 Å². The van der Waals surface area contributed by atoms with Gasteiger partial charge in [-0.05, 0) is 42.8 Å². The number of benzene rings is 2. The summed E-state index contributed by atoms with van der Waals surface area (Å²) < 4.78 is 5.53. The van der Waals surface area contributed by atoms with Crippen LogP contribution in [0.15, 0.2) is 54.6 Å². The Morgan fingerprint density at radius 1 is 1.00 bits per heavy atom. The molecular weight excluding hydrogens is 294 g/mol. The van der Waals surface area contributed by atoms with Crippen LogP contribution in [-0.4, -0.2) is 25.1 Å². The van der Waals surface area contributed by atoms with Gasteiger partial charge >= 0.3 is 6.03 Å². The molecule has 0 atom stereocenters. The van der Waals surface area contributed by atoms with Gasteiger partial charge in [0.25, 0.3) is 0 Å². The molecule has 0 aliphatic heterocycles. The highest BCUT2D eigenvalue weighted by Gasteiger charge is 2.03. The first-order chi connectivity index (χ1) is 11.1. The topological polar surface area (TPSA) is 93.5 Å². The molecule has 0 saturated heterocycles. The Bertz CT molecular complexity index is 642. The van der Waals surface area contributed by atoms with Crippen LogP contribution in [0.25, 0.3) is 0 Å². The number of carbonyl (C=O) groups is 2. The Morgan fingerprint density at radius 2 is 1.70 bits per heavy atom. The van der Waals surface area contributed by atoms with Gasteiger partial charge in [0, 0.05) is 17.8 Å². The minimum absolute atomic E-state index is 0.309. The summed E-state index contributed by atoms with van der Waals surface area (Å²) in [7, 11) is 0. The molecule has 2 aromatic carbocycles. The number of hydrogen-bond acceptors (Lipinski definition) is 3. The van der Waals surface area contributed by atoms with Gasteiger partial charge < -0.3 is 21.1 Å². The summed E-state index contributed by atoms with van der Waals surface area (Å²) in [6.07, 6.45) is 0.697. The normalized spacial score (nSPS) is 9.91. The molecule has 120 valence electrons. The number of urea groups is 1. The van der Waals surface area contributed by atoms with Crippen LogP contribution >= 0.6 is 0 Å². The van der Waals surface area contributed by atoms with Crippen molar-refractivity contribution in [1.29, 1.82) is 0 Å². The van der Waals surface area contributed by atoms with Crippen LogP contribution in [0.4, 0.5) is 10.5 Å². The van der Waals surface area contributed by atoms with Crippen LogP contribution in [0.5, 0.6) is 5.75 Å². The molecule has 0 heterocycles. The Hall–Kier alpha value is -3.02. The molecule has 0 aliphatic carbocycles. The highest BCUT2D eigenvalue weighted by atomic mass is 16.5. The van der Waals surface area contributed by atoms with E-state index in [9.17, 15) is 9.59 Å². The van der Waals surface area contributed by atoms with E-state index in [1.807, 2.05) is 30.3 Å². The Balaban J connectivity index is 1.64. The fraction of sp³-hybridized carbons (Fsp3) is 0.176. The van der Waals surface area contributed by atoms with E-state index < -0.39 is 5.91 Å². The molecule has 0 bridgehead atoms. The molecule has 0 spiro atoms. The van der Waals surface area contributed by atoms with Crippen molar-refractivity contribution in [2.75, 3.05) is 18.5 Å². The fourth-order valence-electron chi connectivity index (χ4n) is 1.87. The Kier molecular flexibility index (Phi) is 5.99. The molecule has 2 aromatic rings. The average Bonchev–Trinajstić information content (AvgIpc) is 2.56. The van der Waals surface area contributed by atoms with Gasteiger partial charge in [0.2, 0.25) is 5.91 Å². The second kappa shape index (κ2) is 8.43. The monoisotopic (exact) mass is 313 g/mol. The van der Waals surface area contributed by atoms with Crippen molar-refractivity contribution >= 4 is 17.6 Å². The van der Waals surface area contributed by atoms with E-state index in [0.717, 1.165) is 5.75 Å². The molecular formula is C17H19N3O3. The van der Waals surface area contributed by atoms with Crippen LogP contribution in [0.3, 0.4) is 0 Å². The number of primary amides is 1. The van der Waals surface area contributed by atoms with Crippen LogP contribution in [0.2, 0.25) is 0 Å². The third kappa shape index (κ3) is 5.70. The van der Waals surface area contributed by atoms with Crippen molar-refractivity contribution < 1.29 is 14.3 Å². The highest BCUT2D eigenvalue weighted by molar-refractivity contribution is 5.94. The lowest BCUT2D eigenvalue weighted by Gasteiger charge is -2.09. The van der Waals surface area contributed by atoms with E-state index in [4.69, 9.17) is 10.5 Å². The van der Waals surface area contributed by atoms with Gasteiger partial charge in [-0.1, -0.05) is 18.2 Å². The summed E-state index contributed by atoms with van der Waals surface area (Å²) in [6, 6.07) is 15.6. The molecule has 0 aromatic heterocycles. The number of amides is 3. The van der Waals surface area contributed by atoms with Crippen LogP contribution < -0.4 is 21.1 Å². The summed E-state index contributed by atoms with van der Waals surface area (Å²) in [5.41, 5.74) is 6.14. The number of anilines is 1. The second-order valence-electron chi connectivity index (χ2n) is 4.84. The van der Waals surface area contributed by atoms with Gasteiger partial charge in [-0.25, -0.2) is 4.79 Å². The predicted octanol–water partition coefficient (Wildman–Crippen LogP) is 2.38. The summed E-state index contributed by atoms with van der Waals surface area (Å²) in [5.74, 6) is 0.311. The maximum absolute atomic E-state index is 11.7. The van der Waals surface area contributed by atoms with Crippen LogP contribution in [-0.2, 0) is 0 Å². The van der Waals surface area contributed by atoms with Gasteiger partial charge in [-0.15, -0.1) is 0 Å². The van der Waals surface area contributed by atoms with Gasteiger partial charge in [-0.2, -0.15) is 0 Å². The minimum atomic E-state index is -0.501. The van der Waals surface area contributed by atoms with E-state index in [2.05, 4.69) is 10.6 Å². The summed E-state index contributed by atoms with van der Waals surface area (Å²) in [6.45, 7) is 1.02. The third-order valence-corrected chi connectivity index (χ3v) is 3.05. The van der Waals surface area contributed by atoms with Crippen molar-refractivity contribution in [2.24, 2.45) is 5.73 Å². The number of nitrogens with two attached hydrogens (primary N) is 1. The van der Waals surface area contributed by atoms with Gasteiger partial charge in [0.15, 0.2) is 0 Å². The van der Waals surface area contributed by atoms with E-state index in [1.54, 1.807) is 24.3 Å². The lowest BCUT2D eigenvalue weighted by atomic mass is 10.2. The summed E-state index contributed by atoms with van der Waals surface area (Å²) in [4.78, 5) is 22.7. The number of ether oxygens (including phenoxy) is 1. The molecule has 6 nitrogen and oxygen atoms in total. The maximum Gasteiger partial charge on any atom is 0.319 e. The molecule has 2 rings (SSSR count). The molecule has 6 heteroatoms. The lowest BCUT2D eigenvalue weighted by Crippen LogP contribution is -2.30. The maximum atomic E-state index is 11.7. The number of rotatable bonds is 7. The number of carbonyl (C=O) groups excluding carboxylic acids is 2. The van der Waals surface area contributed by atoms with Crippen molar-refractivity contribution in [1.82, 2.24) is 5.32 Å². The van der Waals surface area contributed by atoms with Crippen LogP contribution in [0, 0.1) is 0 Å². The molecule has 0 fully saturated rings. The smallest absolute Gasteiger partial charge is 0.319 e. The van der Waals surface area contributed by atoms with E-state index in [-0.39, 0.29) is 6.03 Å². The third-order valence-electron chi connectivity index (χ3n) is 3.05. The molecule has 3 amide bonds. The first kappa shape index (κ1) is 16.4. The van der Waals surface area contributed by atoms with Crippen LogP contribution in [0.1, 0.15) is 16.8 Å². The van der Waals surface area contributed by atoms with Gasteiger partial charge in [-0.3, -0.25) is 4.79 Å². The Morgan fingerprint density at radius 3 is 2.35 bits per heavy atom. The zero-order chi connectivity index (χ0) is 16.5. The summed E-state index contributed by atoms with van der Waals surface area (Å²) >= 11 is 0. The van der Waals surface area contributed by atoms with Crippen molar-refractivity contribution in [2.45, 2.75) is 6.42 Å². The first-order valence-electron chi connectivity index (χ1n) is 7.28. The molecule has 0 radical (unpaired) electrons. The average molecular weight is 313 g/mol. The predicted molar refractivity (Wildman–Crippen MR) is 88.5 cm³/mol. The Labute approximate surface area is 134 Å². The molecule has 0 aliphatic rings. The number of nitrogens with one attached hydrogen (secondary N) is 2. The van der Waals surface area contributed by atoms with E-state index in [1.165, 1.54) is 0 Å². The van der Waals surface area contributed by atoms with Crippen molar-refractivity contribution in [3.63, 3.8) is 0 Å². The van der Waals surface area contributed by atoms with Crippen molar-refractivity contribution in [3.05, 3.63) is 60.2 Å². The highest BCUT2D eigenvalue weighted by Crippen LogP contribution is 2.09. The lowest BCUT2D eigenvalue weighted by molar-refractivity contribution is 0.100. The zero-order valence-electron chi connectivity index (χ0n) is 12.6. The first-order valence-corrected chi connectivity index (χ1v) is 7.28. The quantitative estimate of drug-likeness (QED) is 0.685. The SMILES string of the molecule is NC(=O)c1ccc(NC(=O)NCCCOc2ccccc2)cc1. The second-order valence-corrected chi connectivity index (χ2v) is 4.84. The van der Waals surface area contributed by atoms with E-state index in [0.29, 0.717) is 30.8 Å². The fourth-order valence-corrected chi connectivity index (χ4v) is 1.87. The standard InChI is InChI=1S/C17H19N3O3/c18-16(21)13-7-9-14(10-8-13)20-17(22)19-11-4-12-23-15-5-2-1-3-6-15/h1-3,5-10H,4,11-12H2,(H2,18,21)(H2,19,20,22). The van der Waals surface area contributed by atoms with Gasteiger partial charge in [0.1, 0.15) is 5.75 Å². The molecule has 0 unspecified atom stereocenters. The minimum Gasteiger partial charge on any atom is -0.494 e. The number of hydrogen-bond donors (Lipinski definition) is 3. The number of para-hydroxylation sites is 1. The molecule has 0 saturated carbocycles. The molecule has 23 heavy (non-hydrogen) atoms. The largest absolute Gasteiger partial charge is 0.494 e. The molecule has 4 N–H and O–H groups in total.